The zero-order valence-corrected chi connectivity index (χ0v) is 11.9. The van der Waals surface area contributed by atoms with Crippen molar-refractivity contribution in [2.45, 2.75) is 71.4 Å². The van der Waals surface area contributed by atoms with Gasteiger partial charge >= 0.3 is 0 Å². The van der Waals surface area contributed by atoms with E-state index in [0.29, 0.717) is 17.7 Å². The quantitative estimate of drug-likeness (QED) is 0.653. The molecule has 0 radical (unpaired) electrons. The van der Waals surface area contributed by atoms with Crippen LogP contribution >= 0.6 is 0 Å². The number of ketones is 1. The number of hydrogen-bond donors (Lipinski definition) is 0. The van der Waals surface area contributed by atoms with Gasteiger partial charge in [-0.05, 0) is 44.9 Å². The molecule has 1 saturated heterocycles. The van der Waals surface area contributed by atoms with Crippen molar-refractivity contribution >= 4 is 5.78 Å². The Morgan fingerprint density at radius 1 is 1.17 bits per heavy atom. The van der Waals surface area contributed by atoms with Crippen molar-refractivity contribution in [3.05, 3.63) is 11.3 Å². The predicted octanol–water partition coefficient (Wildman–Crippen LogP) is 3.52. The first kappa shape index (κ1) is 12.3. The van der Waals surface area contributed by atoms with E-state index in [4.69, 9.17) is 0 Å². The number of rotatable bonds is 0. The molecule has 0 aromatic heterocycles. The third-order valence-corrected chi connectivity index (χ3v) is 5.39. The minimum Gasteiger partial charge on any atom is -0.368 e. The minimum atomic E-state index is 0.384. The van der Waals surface area contributed by atoms with E-state index in [-0.39, 0.29) is 0 Å². The maximum absolute atomic E-state index is 12.1. The van der Waals surface area contributed by atoms with Crippen molar-refractivity contribution in [1.82, 2.24) is 4.90 Å². The molecule has 2 heterocycles. The molecule has 2 aliphatic heterocycles. The molecule has 0 amide bonds. The van der Waals surface area contributed by atoms with E-state index in [9.17, 15) is 4.79 Å². The van der Waals surface area contributed by atoms with Crippen molar-refractivity contribution < 1.29 is 4.79 Å². The predicted molar refractivity (Wildman–Crippen MR) is 73.2 cm³/mol. The van der Waals surface area contributed by atoms with E-state index >= 15 is 0 Å². The SMILES string of the molecule is CC1=C2C(C)CC3CCCCC3N2C(C)CC1=O. The lowest BCUT2D eigenvalue weighted by atomic mass is 9.71. The number of Topliss-reactive ketones (excluding diaryl/α,β-unsaturated/α-hetero) is 1. The van der Waals surface area contributed by atoms with E-state index in [1.807, 2.05) is 0 Å². The van der Waals surface area contributed by atoms with Crippen molar-refractivity contribution in [2.24, 2.45) is 11.8 Å². The van der Waals surface area contributed by atoms with Gasteiger partial charge in [-0.25, -0.2) is 0 Å². The molecule has 2 fully saturated rings. The molecule has 2 heteroatoms. The molecule has 1 aliphatic carbocycles. The average molecular weight is 247 g/mol. The summed E-state index contributed by atoms with van der Waals surface area (Å²) in [5.41, 5.74) is 2.45. The molecule has 3 aliphatic rings. The van der Waals surface area contributed by atoms with Crippen LogP contribution in [-0.4, -0.2) is 22.8 Å². The van der Waals surface area contributed by atoms with Crippen LogP contribution < -0.4 is 0 Å². The molecule has 0 N–H and O–H groups in total. The summed E-state index contributed by atoms with van der Waals surface area (Å²) >= 11 is 0. The summed E-state index contributed by atoms with van der Waals surface area (Å²) in [5, 5.41) is 0. The Morgan fingerprint density at radius 2 is 1.89 bits per heavy atom. The second kappa shape index (κ2) is 4.40. The number of hydrogen-bond acceptors (Lipinski definition) is 2. The molecular weight excluding hydrogens is 222 g/mol. The molecule has 1 saturated carbocycles. The van der Waals surface area contributed by atoms with E-state index < -0.39 is 0 Å². The second-order valence-electron chi connectivity index (χ2n) is 6.64. The number of carbonyl (C=O) groups is 1. The van der Waals surface area contributed by atoms with Gasteiger partial charge in [-0.15, -0.1) is 0 Å². The van der Waals surface area contributed by atoms with Crippen LogP contribution in [0.5, 0.6) is 0 Å². The van der Waals surface area contributed by atoms with Crippen LogP contribution in [0.25, 0.3) is 0 Å². The standard InChI is InChI=1S/C16H25NO/c1-10-8-13-6-4-5-7-14(13)17-11(2)9-15(18)12(3)16(10)17/h10-11,13-14H,4-9H2,1-3H3. The van der Waals surface area contributed by atoms with Gasteiger partial charge in [0.05, 0.1) is 0 Å². The fourth-order valence-corrected chi connectivity index (χ4v) is 4.62. The van der Waals surface area contributed by atoms with Crippen LogP contribution in [0.1, 0.15) is 59.3 Å². The Labute approximate surface area is 110 Å². The van der Waals surface area contributed by atoms with Crippen LogP contribution in [0.4, 0.5) is 0 Å². The molecule has 0 bridgehead atoms. The zero-order chi connectivity index (χ0) is 12.9. The summed E-state index contributed by atoms with van der Waals surface area (Å²) in [7, 11) is 0. The van der Waals surface area contributed by atoms with Crippen molar-refractivity contribution in [1.29, 1.82) is 0 Å². The molecule has 3 rings (SSSR count). The average Bonchev–Trinajstić information content (AvgIpc) is 2.34. The molecule has 18 heavy (non-hydrogen) atoms. The summed E-state index contributed by atoms with van der Waals surface area (Å²) in [6.07, 6.45) is 7.55. The van der Waals surface area contributed by atoms with E-state index in [1.165, 1.54) is 37.8 Å². The highest BCUT2D eigenvalue weighted by Gasteiger charge is 2.43. The van der Waals surface area contributed by atoms with Crippen LogP contribution in [0.15, 0.2) is 11.3 Å². The number of piperidine rings is 1. The van der Waals surface area contributed by atoms with Gasteiger partial charge in [0.15, 0.2) is 5.78 Å². The fraction of sp³-hybridized carbons (Fsp3) is 0.812. The normalized spacial score (nSPS) is 40.6. The molecule has 0 aromatic carbocycles. The summed E-state index contributed by atoms with van der Waals surface area (Å²) in [6, 6.07) is 1.15. The molecule has 4 unspecified atom stereocenters. The third kappa shape index (κ3) is 1.72. The Bertz CT molecular complexity index is 398. The van der Waals surface area contributed by atoms with Gasteiger partial charge in [-0.2, -0.15) is 0 Å². The van der Waals surface area contributed by atoms with Gasteiger partial charge < -0.3 is 4.90 Å². The summed E-state index contributed by atoms with van der Waals surface area (Å²) in [4.78, 5) is 14.7. The maximum Gasteiger partial charge on any atom is 0.162 e. The first-order valence-corrected chi connectivity index (χ1v) is 7.62. The second-order valence-corrected chi connectivity index (χ2v) is 6.64. The van der Waals surface area contributed by atoms with E-state index in [1.54, 1.807) is 0 Å². The number of nitrogens with zero attached hydrogens (tertiary/aromatic N) is 1. The van der Waals surface area contributed by atoms with Gasteiger partial charge in [0.25, 0.3) is 0 Å². The van der Waals surface area contributed by atoms with Crippen LogP contribution in [0, 0.1) is 11.8 Å². The smallest absolute Gasteiger partial charge is 0.162 e. The lowest BCUT2D eigenvalue weighted by Crippen LogP contribution is -2.54. The Morgan fingerprint density at radius 3 is 2.67 bits per heavy atom. The summed E-state index contributed by atoms with van der Waals surface area (Å²) in [6.45, 7) is 6.62. The van der Waals surface area contributed by atoms with Gasteiger partial charge in [-0.1, -0.05) is 19.8 Å². The van der Waals surface area contributed by atoms with Crippen molar-refractivity contribution in [3.63, 3.8) is 0 Å². The summed E-state index contributed by atoms with van der Waals surface area (Å²) in [5.74, 6) is 1.84. The highest BCUT2D eigenvalue weighted by molar-refractivity contribution is 5.96. The fourth-order valence-electron chi connectivity index (χ4n) is 4.62. The van der Waals surface area contributed by atoms with E-state index in [2.05, 4.69) is 25.7 Å². The van der Waals surface area contributed by atoms with Crippen LogP contribution in [0.3, 0.4) is 0 Å². The first-order valence-electron chi connectivity index (χ1n) is 7.62. The largest absolute Gasteiger partial charge is 0.368 e. The van der Waals surface area contributed by atoms with Crippen molar-refractivity contribution in [3.8, 4) is 0 Å². The first-order chi connectivity index (χ1) is 8.59. The monoisotopic (exact) mass is 247 g/mol. The lowest BCUT2D eigenvalue weighted by molar-refractivity contribution is -0.119. The molecular formula is C16H25NO. The Kier molecular flexibility index (Phi) is 2.99. The lowest BCUT2D eigenvalue weighted by Gasteiger charge is -2.54. The summed E-state index contributed by atoms with van der Waals surface area (Å²) < 4.78 is 0. The van der Waals surface area contributed by atoms with Crippen LogP contribution in [0.2, 0.25) is 0 Å². The molecule has 0 spiro atoms. The molecule has 2 nitrogen and oxygen atoms in total. The van der Waals surface area contributed by atoms with Gasteiger partial charge in [0, 0.05) is 29.8 Å². The Hall–Kier alpha value is -0.790. The Balaban J connectivity index is 2.01. The third-order valence-electron chi connectivity index (χ3n) is 5.39. The minimum absolute atomic E-state index is 0.384. The van der Waals surface area contributed by atoms with Gasteiger partial charge in [0.1, 0.15) is 0 Å². The number of fused-ring (bicyclic) bond motifs is 3. The highest BCUT2D eigenvalue weighted by Crippen LogP contribution is 2.46. The van der Waals surface area contributed by atoms with Gasteiger partial charge in [-0.3, -0.25) is 4.79 Å². The number of carbonyl (C=O) groups excluding carboxylic acids is 1. The van der Waals surface area contributed by atoms with Gasteiger partial charge in [0.2, 0.25) is 0 Å². The van der Waals surface area contributed by atoms with Crippen molar-refractivity contribution in [2.75, 3.05) is 0 Å². The molecule has 0 aromatic rings. The molecule has 4 atom stereocenters. The van der Waals surface area contributed by atoms with Crippen LogP contribution in [-0.2, 0) is 4.79 Å². The maximum atomic E-state index is 12.1. The molecule has 100 valence electrons. The zero-order valence-electron chi connectivity index (χ0n) is 11.9. The topological polar surface area (TPSA) is 20.3 Å². The van der Waals surface area contributed by atoms with E-state index in [0.717, 1.165) is 24.0 Å². The number of allylic oxidation sites excluding steroid dienone is 2. The highest BCUT2D eigenvalue weighted by atomic mass is 16.1.